The largest absolute Gasteiger partial charge is 0.486 e. The molecule has 9 heteroatoms. The second-order valence-corrected chi connectivity index (χ2v) is 7.43. The van der Waals surface area contributed by atoms with E-state index in [9.17, 15) is 4.79 Å². The molecule has 142 valence electrons. The van der Waals surface area contributed by atoms with Crippen molar-refractivity contribution in [3.05, 3.63) is 39.4 Å². The zero-order valence-corrected chi connectivity index (χ0v) is 16.4. The van der Waals surface area contributed by atoms with Gasteiger partial charge in [-0.1, -0.05) is 11.6 Å². The lowest BCUT2D eigenvalue weighted by atomic mass is 10.1. The molecule has 1 aromatic carbocycles. The molecule has 3 heterocycles. The van der Waals surface area contributed by atoms with Crippen LogP contribution in [0, 0.1) is 0 Å². The van der Waals surface area contributed by atoms with Crippen LogP contribution in [0.15, 0.2) is 38.8 Å². The molecule has 2 aromatic rings. The fourth-order valence-corrected chi connectivity index (χ4v) is 3.50. The van der Waals surface area contributed by atoms with Crippen molar-refractivity contribution < 1.29 is 4.74 Å². The number of rotatable bonds is 2. The van der Waals surface area contributed by atoms with E-state index in [1.807, 2.05) is 18.2 Å². The Morgan fingerprint density at radius 1 is 1.37 bits per heavy atom. The molecule has 1 atom stereocenters. The van der Waals surface area contributed by atoms with Crippen molar-refractivity contribution in [2.45, 2.75) is 19.4 Å². The molecular weight excluding hydrogens is 389 g/mol. The first-order valence-electron chi connectivity index (χ1n) is 8.64. The molecule has 0 spiro atoms. The summed E-state index contributed by atoms with van der Waals surface area (Å²) in [5.74, 6) is 0.847. The number of halogens is 2. The van der Waals surface area contributed by atoms with Crippen molar-refractivity contribution in [1.29, 1.82) is 0 Å². The van der Waals surface area contributed by atoms with E-state index in [2.05, 4.69) is 27.9 Å². The molecule has 7 nitrogen and oxygen atoms in total. The average Bonchev–Trinajstić information content (AvgIpc) is 2.84. The molecule has 0 aliphatic carbocycles. The van der Waals surface area contributed by atoms with Gasteiger partial charge in [0, 0.05) is 30.6 Å². The molecule has 0 fully saturated rings. The average molecular weight is 408 g/mol. The lowest BCUT2D eigenvalue weighted by Gasteiger charge is -2.18. The topological polar surface area (TPSA) is 79.7 Å². The monoisotopic (exact) mass is 407 g/mol. The highest BCUT2D eigenvalue weighted by Crippen LogP contribution is 2.34. The molecule has 2 aliphatic heterocycles. The first-order chi connectivity index (χ1) is 12.9. The van der Waals surface area contributed by atoms with Crippen molar-refractivity contribution in [3.8, 4) is 5.75 Å². The van der Waals surface area contributed by atoms with Gasteiger partial charge >= 0.3 is 0 Å². The number of anilines is 2. The number of pyridine rings is 1. The van der Waals surface area contributed by atoms with E-state index in [-0.39, 0.29) is 16.9 Å². The van der Waals surface area contributed by atoms with Gasteiger partial charge < -0.3 is 25.3 Å². The Kier molecular flexibility index (Phi) is 4.65. The number of hydrogen-bond acceptors (Lipinski definition) is 6. The number of fused-ring (bicyclic) bond motifs is 3. The van der Waals surface area contributed by atoms with E-state index in [4.69, 9.17) is 27.9 Å². The molecule has 0 amide bonds. The van der Waals surface area contributed by atoms with Crippen LogP contribution in [0.2, 0.25) is 0 Å². The van der Waals surface area contributed by atoms with Crippen LogP contribution in [0.5, 0.6) is 5.75 Å². The zero-order valence-electron chi connectivity index (χ0n) is 14.9. The van der Waals surface area contributed by atoms with Crippen LogP contribution in [0.1, 0.15) is 13.3 Å². The van der Waals surface area contributed by atoms with Gasteiger partial charge in [-0.05, 0) is 36.7 Å². The SMILES string of the molecule is C[C@H]1CCOc2c(c3cc(NC4=C(Cl)CNC(Cl)=N4)ccc3n(C)c2=O)N1. The van der Waals surface area contributed by atoms with Crippen molar-refractivity contribution in [1.82, 2.24) is 9.88 Å². The molecule has 4 rings (SSSR count). The fraction of sp³-hybridized carbons (Fsp3) is 0.333. The van der Waals surface area contributed by atoms with E-state index in [1.165, 1.54) is 0 Å². The predicted octanol–water partition coefficient (Wildman–Crippen LogP) is 3.14. The number of amidine groups is 1. The first kappa shape index (κ1) is 18.0. The number of aryl methyl sites for hydroxylation is 1. The number of benzene rings is 1. The third kappa shape index (κ3) is 3.33. The molecular formula is C18H19Cl2N5O2. The molecule has 0 saturated heterocycles. The molecule has 27 heavy (non-hydrogen) atoms. The number of nitrogens with one attached hydrogen (secondary N) is 3. The number of nitrogens with zero attached hydrogens (tertiary/aromatic N) is 2. The van der Waals surface area contributed by atoms with Crippen LogP contribution in [0.4, 0.5) is 11.4 Å². The summed E-state index contributed by atoms with van der Waals surface area (Å²) < 4.78 is 7.36. The number of aromatic nitrogens is 1. The second kappa shape index (κ2) is 6.98. The van der Waals surface area contributed by atoms with E-state index in [0.29, 0.717) is 35.4 Å². The molecule has 0 unspecified atom stereocenters. The van der Waals surface area contributed by atoms with Gasteiger partial charge in [-0.15, -0.1) is 0 Å². The van der Waals surface area contributed by atoms with Crippen molar-refractivity contribution in [2.24, 2.45) is 12.0 Å². The van der Waals surface area contributed by atoms with Crippen LogP contribution >= 0.6 is 23.2 Å². The van der Waals surface area contributed by atoms with Gasteiger partial charge in [0.1, 0.15) is 5.82 Å². The van der Waals surface area contributed by atoms with Gasteiger partial charge in [0.25, 0.3) is 5.56 Å². The number of aliphatic imine (C=N–C) groups is 1. The van der Waals surface area contributed by atoms with E-state index >= 15 is 0 Å². The zero-order chi connectivity index (χ0) is 19.1. The summed E-state index contributed by atoms with van der Waals surface area (Å²) in [7, 11) is 1.74. The van der Waals surface area contributed by atoms with Gasteiger partial charge in [0.2, 0.25) is 5.75 Å². The summed E-state index contributed by atoms with van der Waals surface area (Å²) in [6, 6.07) is 5.91. The predicted molar refractivity (Wildman–Crippen MR) is 110 cm³/mol. The Bertz CT molecular complexity index is 1040. The van der Waals surface area contributed by atoms with Crippen LogP contribution in [0.25, 0.3) is 10.9 Å². The molecule has 0 saturated carbocycles. The Morgan fingerprint density at radius 3 is 3.00 bits per heavy atom. The minimum absolute atomic E-state index is 0.153. The summed E-state index contributed by atoms with van der Waals surface area (Å²) in [6.07, 6.45) is 0.819. The van der Waals surface area contributed by atoms with Gasteiger partial charge in [-0.3, -0.25) is 4.79 Å². The Hall–Kier alpha value is -2.38. The fourth-order valence-electron chi connectivity index (χ4n) is 3.20. The highest BCUT2D eigenvalue weighted by Gasteiger charge is 2.22. The highest BCUT2D eigenvalue weighted by molar-refractivity contribution is 6.65. The smallest absolute Gasteiger partial charge is 0.295 e. The maximum absolute atomic E-state index is 12.7. The Balaban J connectivity index is 1.84. The van der Waals surface area contributed by atoms with Crippen molar-refractivity contribution in [3.63, 3.8) is 0 Å². The third-order valence-corrected chi connectivity index (χ3v) is 5.19. The van der Waals surface area contributed by atoms with Crippen LogP contribution < -0.4 is 26.2 Å². The van der Waals surface area contributed by atoms with Gasteiger partial charge in [0.15, 0.2) is 5.29 Å². The maximum Gasteiger partial charge on any atom is 0.295 e. The van der Waals surface area contributed by atoms with Crippen molar-refractivity contribution >= 4 is 50.8 Å². The summed E-state index contributed by atoms with van der Waals surface area (Å²) >= 11 is 12.2. The Labute approximate surface area is 166 Å². The summed E-state index contributed by atoms with van der Waals surface area (Å²) in [4.78, 5) is 16.9. The molecule has 0 radical (unpaired) electrons. The maximum atomic E-state index is 12.7. The minimum Gasteiger partial charge on any atom is -0.486 e. The van der Waals surface area contributed by atoms with Crippen LogP contribution in [-0.4, -0.2) is 29.1 Å². The van der Waals surface area contributed by atoms with Gasteiger partial charge in [0.05, 0.1) is 29.4 Å². The van der Waals surface area contributed by atoms with E-state index < -0.39 is 0 Å². The molecule has 1 aromatic heterocycles. The van der Waals surface area contributed by atoms with Gasteiger partial charge in [-0.25, -0.2) is 4.99 Å². The van der Waals surface area contributed by atoms with E-state index in [0.717, 1.165) is 23.0 Å². The third-order valence-electron chi connectivity index (χ3n) is 4.66. The number of ether oxygens (including phenoxy) is 1. The lowest BCUT2D eigenvalue weighted by Crippen LogP contribution is -2.26. The second-order valence-electron chi connectivity index (χ2n) is 6.62. The number of hydrogen-bond donors (Lipinski definition) is 3. The van der Waals surface area contributed by atoms with E-state index in [1.54, 1.807) is 11.6 Å². The minimum atomic E-state index is -0.153. The normalized spacial score (nSPS) is 19.4. The van der Waals surface area contributed by atoms with Crippen LogP contribution in [0.3, 0.4) is 0 Å². The van der Waals surface area contributed by atoms with Crippen LogP contribution in [-0.2, 0) is 7.05 Å². The Morgan fingerprint density at radius 2 is 2.19 bits per heavy atom. The highest BCUT2D eigenvalue weighted by atomic mass is 35.5. The lowest BCUT2D eigenvalue weighted by molar-refractivity contribution is 0.309. The van der Waals surface area contributed by atoms with Gasteiger partial charge in [-0.2, -0.15) is 0 Å². The standard InChI is InChI=1S/C18H19Cl2N5O2/c1-9-5-6-27-15-14(22-9)11-7-10(3-4-13(11)25(2)17(15)26)23-16-12(19)8-21-18(20)24-16/h3-4,7,9,22-23H,5-6,8H2,1-2H3,(H,21,24)/t9-/m0/s1. The summed E-state index contributed by atoms with van der Waals surface area (Å²) in [6.45, 7) is 2.99. The summed E-state index contributed by atoms with van der Waals surface area (Å²) in [5, 5.41) is 11.2. The molecule has 3 N–H and O–H groups in total. The first-order valence-corrected chi connectivity index (χ1v) is 9.39. The molecule has 0 bridgehead atoms. The molecule has 2 aliphatic rings. The quantitative estimate of drug-likeness (QED) is 0.666. The summed E-state index contributed by atoms with van der Waals surface area (Å²) in [5.41, 5.74) is 2.15. The van der Waals surface area contributed by atoms with Crippen molar-refractivity contribution in [2.75, 3.05) is 23.8 Å².